The SMILES string of the molecule is O=C(CCN1C(=O)c2ccccc2S1(=O)=O)Nc1ccccc1[S-]. The number of hydrogen-bond acceptors (Lipinski definition) is 5. The lowest BCUT2D eigenvalue weighted by Gasteiger charge is -2.17. The molecule has 0 fully saturated rings. The van der Waals surface area contributed by atoms with E-state index in [-0.39, 0.29) is 23.4 Å². The van der Waals surface area contributed by atoms with E-state index in [1.54, 1.807) is 36.4 Å². The molecule has 0 aromatic heterocycles. The second-order valence-corrected chi connectivity index (χ2v) is 7.44. The predicted octanol–water partition coefficient (Wildman–Crippen LogP) is 1.77. The van der Waals surface area contributed by atoms with Crippen LogP contribution in [-0.4, -0.2) is 31.1 Å². The molecular weight excluding hydrogens is 348 g/mol. The summed E-state index contributed by atoms with van der Waals surface area (Å²) in [6.45, 7) is -0.221. The minimum absolute atomic E-state index is 0.0219. The second-order valence-electron chi connectivity index (χ2n) is 5.17. The normalized spacial score (nSPS) is 15.2. The molecule has 2 aromatic carbocycles. The summed E-state index contributed by atoms with van der Waals surface area (Å²) < 4.78 is 25.5. The van der Waals surface area contributed by atoms with E-state index in [9.17, 15) is 18.0 Å². The van der Waals surface area contributed by atoms with Crippen molar-refractivity contribution in [1.82, 2.24) is 4.31 Å². The van der Waals surface area contributed by atoms with Gasteiger partial charge in [0, 0.05) is 18.7 Å². The number of sulfonamides is 1. The number of fused-ring (bicyclic) bond motifs is 1. The Morgan fingerprint density at radius 2 is 1.75 bits per heavy atom. The summed E-state index contributed by atoms with van der Waals surface area (Å²) in [6, 6.07) is 12.8. The van der Waals surface area contributed by atoms with Gasteiger partial charge in [-0.05, 0) is 18.2 Å². The fourth-order valence-corrected chi connectivity index (χ4v) is 4.21. The molecule has 0 unspecified atom stereocenters. The van der Waals surface area contributed by atoms with Crippen molar-refractivity contribution < 1.29 is 18.0 Å². The molecule has 24 heavy (non-hydrogen) atoms. The zero-order valence-corrected chi connectivity index (χ0v) is 14.1. The highest BCUT2D eigenvalue weighted by molar-refractivity contribution is 7.90. The molecule has 2 aromatic rings. The van der Waals surface area contributed by atoms with Gasteiger partial charge in [0.05, 0.1) is 5.56 Å². The van der Waals surface area contributed by atoms with E-state index >= 15 is 0 Å². The second kappa shape index (κ2) is 6.21. The van der Waals surface area contributed by atoms with Crippen molar-refractivity contribution in [2.75, 3.05) is 11.9 Å². The first-order valence-electron chi connectivity index (χ1n) is 7.13. The van der Waals surface area contributed by atoms with Crippen LogP contribution in [0.25, 0.3) is 0 Å². The molecule has 6 nitrogen and oxygen atoms in total. The molecule has 0 bridgehead atoms. The summed E-state index contributed by atoms with van der Waals surface area (Å²) in [4.78, 5) is 24.7. The molecule has 1 N–H and O–H groups in total. The lowest BCUT2D eigenvalue weighted by Crippen LogP contribution is -2.33. The highest BCUT2D eigenvalue weighted by Gasteiger charge is 2.40. The zero-order valence-electron chi connectivity index (χ0n) is 12.4. The largest absolute Gasteiger partial charge is 0.778 e. The molecule has 8 heteroatoms. The van der Waals surface area contributed by atoms with Crippen LogP contribution in [0.4, 0.5) is 5.69 Å². The van der Waals surface area contributed by atoms with Gasteiger partial charge in [0.2, 0.25) is 5.91 Å². The van der Waals surface area contributed by atoms with Crippen LogP contribution in [0.5, 0.6) is 0 Å². The summed E-state index contributed by atoms with van der Waals surface area (Å²) in [7, 11) is -3.89. The number of nitrogens with one attached hydrogen (secondary N) is 1. The standard InChI is InChI=1S/C16H14N2O4S2/c19-15(17-12-6-2-3-7-13(12)23)9-10-18-16(20)11-5-1-4-8-14(11)24(18,21)22/h1-8,23H,9-10H2,(H,17,19)/p-1. The van der Waals surface area contributed by atoms with Gasteiger partial charge in [0.1, 0.15) is 4.90 Å². The maximum Gasteiger partial charge on any atom is 0.269 e. The van der Waals surface area contributed by atoms with Crippen LogP contribution in [0.2, 0.25) is 0 Å². The van der Waals surface area contributed by atoms with Crippen molar-refractivity contribution in [1.29, 1.82) is 0 Å². The first kappa shape index (κ1) is 16.4. The molecular formula is C16H13N2O4S2-. The average molecular weight is 361 g/mol. The van der Waals surface area contributed by atoms with Gasteiger partial charge in [-0.25, -0.2) is 12.7 Å². The Bertz CT molecular complexity index is 925. The molecule has 0 aliphatic carbocycles. The molecule has 2 amide bonds. The van der Waals surface area contributed by atoms with Gasteiger partial charge in [-0.3, -0.25) is 9.59 Å². The first-order chi connectivity index (χ1) is 11.4. The van der Waals surface area contributed by atoms with Crippen LogP contribution in [-0.2, 0) is 27.4 Å². The first-order valence-corrected chi connectivity index (χ1v) is 8.98. The fourth-order valence-electron chi connectivity index (χ4n) is 2.44. The Morgan fingerprint density at radius 3 is 2.46 bits per heavy atom. The van der Waals surface area contributed by atoms with Crippen LogP contribution < -0.4 is 5.32 Å². The molecule has 1 aliphatic rings. The number of amides is 2. The number of carbonyl (C=O) groups excluding carboxylic acids is 2. The van der Waals surface area contributed by atoms with E-state index in [0.717, 1.165) is 4.31 Å². The van der Waals surface area contributed by atoms with Crippen molar-refractivity contribution in [2.24, 2.45) is 0 Å². The van der Waals surface area contributed by atoms with Crippen molar-refractivity contribution in [2.45, 2.75) is 16.2 Å². The van der Waals surface area contributed by atoms with Gasteiger partial charge in [-0.1, -0.05) is 30.3 Å². The number of carbonyl (C=O) groups is 2. The maximum absolute atomic E-state index is 12.4. The number of para-hydroxylation sites is 1. The monoisotopic (exact) mass is 361 g/mol. The summed E-state index contributed by atoms with van der Waals surface area (Å²) in [5, 5.41) is 2.62. The highest BCUT2D eigenvalue weighted by atomic mass is 32.2. The summed E-state index contributed by atoms with van der Waals surface area (Å²) in [5.41, 5.74) is 0.616. The van der Waals surface area contributed by atoms with Crippen molar-refractivity contribution in [3.8, 4) is 0 Å². The lowest BCUT2D eigenvalue weighted by molar-refractivity contribution is -0.116. The van der Waals surface area contributed by atoms with Crippen LogP contribution in [0.1, 0.15) is 16.8 Å². The summed E-state index contributed by atoms with van der Waals surface area (Å²) >= 11 is 5.09. The maximum atomic E-state index is 12.4. The van der Waals surface area contributed by atoms with Gasteiger partial charge >= 0.3 is 0 Å². The molecule has 0 spiro atoms. The van der Waals surface area contributed by atoms with Crippen molar-refractivity contribution in [3.63, 3.8) is 0 Å². The van der Waals surface area contributed by atoms with Gasteiger partial charge in [-0.2, -0.15) is 4.90 Å². The Balaban J connectivity index is 1.71. The topological polar surface area (TPSA) is 83.6 Å². The number of nitrogens with zero attached hydrogens (tertiary/aromatic N) is 1. The smallest absolute Gasteiger partial charge is 0.269 e. The van der Waals surface area contributed by atoms with Gasteiger partial charge in [0.25, 0.3) is 15.9 Å². The van der Waals surface area contributed by atoms with E-state index in [4.69, 9.17) is 12.6 Å². The van der Waals surface area contributed by atoms with Crippen molar-refractivity contribution >= 4 is 40.2 Å². The summed E-state index contributed by atoms with van der Waals surface area (Å²) in [5.74, 6) is -1.02. The van der Waals surface area contributed by atoms with Crippen LogP contribution >= 0.6 is 0 Å². The minimum atomic E-state index is -3.89. The number of hydrogen-bond donors (Lipinski definition) is 1. The third kappa shape index (κ3) is 2.85. The summed E-state index contributed by atoms with van der Waals surface area (Å²) in [6.07, 6.45) is -0.150. The van der Waals surface area contributed by atoms with E-state index < -0.39 is 21.8 Å². The Hall–Kier alpha value is -2.45. The van der Waals surface area contributed by atoms with Crippen molar-refractivity contribution in [3.05, 3.63) is 54.1 Å². The van der Waals surface area contributed by atoms with Crippen LogP contribution in [0, 0.1) is 0 Å². The molecule has 0 atom stereocenters. The Morgan fingerprint density at radius 1 is 1.08 bits per heavy atom. The molecule has 0 saturated carbocycles. The number of anilines is 1. The quantitative estimate of drug-likeness (QED) is 0.839. The molecule has 0 saturated heterocycles. The molecule has 1 aliphatic heterocycles. The van der Waals surface area contributed by atoms with E-state index in [1.165, 1.54) is 12.1 Å². The van der Waals surface area contributed by atoms with Crippen LogP contribution in [0.15, 0.2) is 58.3 Å². The zero-order chi connectivity index (χ0) is 17.3. The molecule has 3 rings (SSSR count). The van der Waals surface area contributed by atoms with Gasteiger partial charge in [-0.15, -0.1) is 0 Å². The molecule has 124 valence electrons. The van der Waals surface area contributed by atoms with Gasteiger partial charge < -0.3 is 17.9 Å². The number of rotatable bonds is 4. The fraction of sp³-hybridized carbons (Fsp3) is 0.125. The number of benzene rings is 2. The van der Waals surface area contributed by atoms with E-state index in [1.807, 2.05) is 0 Å². The predicted molar refractivity (Wildman–Crippen MR) is 90.0 cm³/mol. The third-order valence-electron chi connectivity index (χ3n) is 3.62. The Kier molecular flexibility index (Phi) is 4.25. The third-order valence-corrected chi connectivity index (χ3v) is 5.81. The average Bonchev–Trinajstić information content (AvgIpc) is 2.75. The molecule has 0 radical (unpaired) electrons. The molecule has 1 heterocycles. The van der Waals surface area contributed by atoms with Crippen LogP contribution in [0.3, 0.4) is 0 Å². The lowest BCUT2D eigenvalue weighted by atomic mass is 10.2. The Labute approximate surface area is 144 Å². The van der Waals surface area contributed by atoms with Gasteiger partial charge in [0.15, 0.2) is 0 Å². The van der Waals surface area contributed by atoms with E-state index in [2.05, 4.69) is 5.32 Å². The highest BCUT2D eigenvalue weighted by Crippen LogP contribution is 2.29. The van der Waals surface area contributed by atoms with E-state index in [0.29, 0.717) is 10.6 Å². The minimum Gasteiger partial charge on any atom is -0.778 e.